The molecule has 0 bridgehead atoms. The number of aryl methyl sites for hydroxylation is 1. The van der Waals surface area contributed by atoms with Crippen LogP contribution in [-0.4, -0.2) is 64.3 Å². The summed E-state index contributed by atoms with van der Waals surface area (Å²) in [6.07, 6.45) is 2.36. The number of ether oxygens (including phenoxy) is 2. The van der Waals surface area contributed by atoms with Crippen molar-refractivity contribution in [2.45, 2.75) is 72.1 Å². The lowest BCUT2D eigenvalue weighted by atomic mass is 10.0. The summed E-state index contributed by atoms with van der Waals surface area (Å²) in [5, 5.41) is 28.5. The van der Waals surface area contributed by atoms with Crippen molar-refractivity contribution < 1.29 is 14.3 Å². The number of fused-ring (bicyclic) bond motifs is 1. The molecule has 0 aliphatic carbocycles. The zero-order valence-corrected chi connectivity index (χ0v) is 23.7. The van der Waals surface area contributed by atoms with Crippen LogP contribution in [0.25, 0.3) is 16.9 Å². The van der Waals surface area contributed by atoms with Crippen LogP contribution in [0.2, 0.25) is 0 Å². The van der Waals surface area contributed by atoms with Crippen molar-refractivity contribution in [3.8, 4) is 23.2 Å². The number of aromatic nitrogens is 7. The Labute approximate surface area is 230 Å². The van der Waals surface area contributed by atoms with Crippen molar-refractivity contribution in [3.63, 3.8) is 0 Å². The molecular weight excluding hydrogens is 518 g/mol. The maximum atomic E-state index is 12.5. The largest absolute Gasteiger partial charge is 0.468 e. The summed E-state index contributed by atoms with van der Waals surface area (Å²) in [5.41, 5.74) is 2.80. The number of pyridine rings is 1. The van der Waals surface area contributed by atoms with Gasteiger partial charge in [0.2, 0.25) is 5.88 Å². The lowest BCUT2D eigenvalue weighted by Crippen LogP contribution is -2.42. The summed E-state index contributed by atoms with van der Waals surface area (Å²) >= 11 is 1.46. The van der Waals surface area contributed by atoms with E-state index in [1.165, 1.54) is 17.5 Å². The van der Waals surface area contributed by atoms with Gasteiger partial charge < -0.3 is 14.4 Å². The highest BCUT2D eigenvalue weighted by atomic mass is 32.1. The van der Waals surface area contributed by atoms with Gasteiger partial charge in [-0.15, -0.1) is 15.3 Å². The Balaban J connectivity index is 1.41. The van der Waals surface area contributed by atoms with E-state index in [2.05, 4.69) is 31.6 Å². The highest BCUT2D eigenvalue weighted by Gasteiger charge is 2.29. The molecule has 4 aromatic heterocycles. The number of piperidine rings is 1. The summed E-state index contributed by atoms with van der Waals surface area (Å²) in [5.74, 6) is 0.455. The zero-order valence-electron chi connectivity index (χ0n) is 22.9. The van der Waals surface area contributed by atoms with Crippen LogP contribution in [0, 0.1) is 25.2 Å². The molecule has 1 atom stereocenters. The van der Waals surface area contributed by atoms with E-state index in [0.717, 1.165) is 34.1 Å². The molecule has 13 heteroatoms. The number of rotatable bonds is 5. The summed E-state index contributed by atoms with van der Waals surface area (Å²) in [6.45, 7) is 12.6. The molecule has 1 amide bonds. The van der Waals surface area contributed by atoms with Crippen molar-refractivity contribution in [3.05, 3.63) is 39.7 Å². The third-order valence-corrected chi connectivity index (χ3v) is 7.54. The van der Waals surface area contributed by atoms with Crippen LogP contribution in [0.4, 0.5) is 4.79 Å². The van der Waals surface area contributed by atoms with Gasteiger partial charge in [-0.25, -0.2) is 14.5 Å². The van der Waals surface area contributed by atoms with Crippen molar-refractivity contribution in [1.29, 1.82) is 5.26 Å². The molecule has 1 unspecified atom stereocenters. The van der Waals surface area contributed by atoms with Crippen molar-refractivity contribution in [1.82, 2.24) is 39.5 Å². The fourth-order valence-corrected chi connectivity index (χ4v) is 5.34. The first kappa shape index (κ1) is 26.6. The lowest BCUT2D eigenvalue weighted by Gasteiger charge is -2.33. The number of nitriles is 1. The minimum atomic E-state index is -0.522. The van der Waals surface area contributed by atoms with E-state index in [0.29, 0.717) is 36.0 Å². The van der Waals surface area contributed by atoms with Gasteiger partial charge in [0.05, 0.1) is 17.9 Å². The SMILES string of the molecule is Cc1nnc(C(C)Oc2cc(-c3nnn(C4CCN(C(=O)OC(C)(C)C)CC4)c3C)cc3ncc(C#N)n23)s1. The van der Waals surface area contributed by atoms with E-state index in [-0.39, 0.29) is 18.2 Å². The number of likely N-dealkylation sites (tertiary alicyclic amines) is 1. The molecule has 204 valence electrons. The third kappa shape index (κ3) is 5.42. The van der Waals surface area contributed by atoms with E-state index >= 15 is 0 Å². The summed E-state index contributed by atoms with van der Waals surface area (Å²) in [7, 11) is 0. The fraction of sp³-hybridized carbons (Fsp3) is 0.500. The Morgan fingerprint density at radius 1 is 1.18 bits per heavy atom. The lowest BCUT2D eigenvalue weighted by molar-refractivity contribution is 0.0184. The van der Waals surface area contributed by atoms with Crippen LogP contribution in [0.15, 0.2) is 18.3 Å². The first-order valence-electron chi connectivity index (χ1n) is 12.8. The Morgan fingerprint density at radius 3 is 2.56 bits per heavy atom. The monoisotopic (exact) mass is 549 g/mol. The molecule has 4 aromatic rings. The van der Waals surface area contributed by atoms with Gasteiger partial charge in [-0.3, -0.25) is 4.40 Å². The fourth-order valence-electron chi connectivity index (χ4n) is 4.66. The Morgan fingerprint density at radius 2 is 1.92 bits per heavy atom. The van der Waals surface area contributed by atoms with Gasteiger partial charge in [-0.1, -0.05) is 16.6 Å². The van der Waals surface area contributed by atoms with E-state index < -0.39 is 5.60 Å². The van der Waals surface area contributed by atoms with E-state index in [9.17, 15) is 10.1 Å². The Bertz CT molecular complexity index is 1550. The van der Waals surface area contributed by atoms with Gasteiger partial charge in [0.25, 0.3) is 0 Å². The molecule has 12 nitrogen and oxygen atoms in total. The van der Waals surface area contributed by atoms with Gasteiger partial charge >= 0.3 is 6.09 Å². The Kier molecular flexibility index (Phi) is 6.98. The molecule has 1 aliphatic rings. The van der Waals surface area contributed by atoms with Crippen LogP contribution in [0.1, 0.15) is 74.1 Å². The first-order chi connectivity index (χ1) is 18.5. The van der Waals surface area contributed by atoms with Crippen LogP contribution in [-0.2, 0) is 4.74 Å². The average Bonchev–Trinajstić information content (AvgIpc) is 3.61. The summed E-state index contributed by atoms with van der Waals surface area (Å²) in [6, 6.07) is 6.02. The zero-order chi connectivity index (χ0) is 27.9. The van der Waals surface area contributed by atoms with Crippen LogP contribution in [0.3, 0.4) is 0 Å². The Hall–Kier alpha value is -4.05. The molecule has 1 saturated heterocycles. The predicted octanol–water partition coefficient (Wildman–Crippen LogP) is 4.64. The summed E-state index contributed by atoms with van der Waals surface area (Å²) in [4.78, 5) is 18.6. The molecule has 1 aliphatic heterocycles. The van der Waals surface area contributed by atoms with Gasteiger partial charge in [0.1, 0.15) is 33.7 Å². The van der Waals surface area contributed by atoms with Gasteiger partial charge in [-0.2, -0.15) is 5.26 Å². The molecule has 5 rings (SSSR count). The minimum Gasteiger partial charge on any atom is -0.468 e. The van der Waals surface area contributed by atoms with Crippen molar-refractivity contribution in [2.24, 2.45) is 0 Å². The van der Waals surface area contributed by atoms with Gasteiger partial charge in [0, 0.05) is 24.7 Å². The topological polar surface area (TPSA) is 136 Å². The molecule has 5 heterocycles. The van der Waals surface area contributed by atoms with Crippen LogP contribution < -0.4 is 4.74 Å². The maximum Gasteiger partial charge on any atom is 0.410 e. The van der Waals surface area contributed by atoms with Crippen molar-refractivity contribution in [2.75, 3.05) is 13.1 Å². The molecule has 39 heavy (non-hydrogen) atoms. The standard InChI is InChI=1S/C26H31N9O3S/c1-15-23(30-32-35(15)19-7-9-33(10-8-19)25(36)38-26(4,5)6)18-11-21-28-14-20(13-27)34(21)22(12-18)37-16(2)24-31-29-17(3)39-24/h11-12,14,16,19H,7-10H2,1-6H3. The number of hydrogen-bond acceptors (Lipinski definition) is 10. The minimum absolute atomic E-state index is 0.113. The van der Waals surface area contributed by atoms with Gasteiger partial charge in [-0.05, 0) is 60.5 Å². The highest BCUT2D eigenvalue weighted by molar-refractivity contribution is 7.11. The number of hydrogen-bond donors (Lipinski definition) is 0. The molecule has 1 fully saturated rings. The molecular formula is C26H31N9O3S. The molecule has 0 radical (unpaired) electrons. The van der Waals surface area contributed by atoms with E-state index in [4.69, 9.17) is 9.47 Å². The number of imidazole rings is 1. The second-order valence-corrected chi connectivity index (χ2v) is 11.8. The molecule has 0 N–H and O–H groups in total. The maximum absolute atomic E-state index is 12.5. The number of carbonyl (C=O) groups excluding carboxylic acids is 1. The first-order valence-corrected chi connectivity index (χ1v) is 13.6. The summed E-state index contributed by atoms with van der Waals surface area (Å²) < 4.78 is 15.4. The third-order valence-electron chi connectivity index (χ3n) is 6.54. The molecule has 0 saturated carbocycles. The highest BCUT2D eigenvalue weighted by Crippen LogP contribution is 2.33. The quantitative estimate of drug-likeness (QED) is 0.348. The predicted molar refractivity (Wildman–Crippen MR) is 143 cm³/mol. The van der Waals surface area contributed by atoms with Crippen LogP contribution in [0.5, 0.6) is 5.88 Å². The van der Waals surface area contributed by atoms with Gasteiger partial charge in [0.15, 0.2) is 11.1 Å². The second kappa shape index (κ2) is 10.3. The van der Waals surface area contributed by atoms with Crippen molar-refractivity contribution >= 4 is 23.1 Å². The molecule has 0 spiro atoms. The second-order valence-electron chi connectivity index (χ2n) is 10.6. The average molecular weight is 550 g/mol. The number of amides is 1. The smallest absolute Gasteiger partial charge is 0.410 e. The van der Waals surface area contributed by atoms with E-state index in [1.54, 1.807) is 9.30 Å². The number of nitrogens with zero attached hydrogens (tertiary/aromatic N) is 9. The normalized spacial score (nSPS) is 15.4. The van der Waals surface area contributed by atoms with Crippen LogP contribution >= 0.6 is 11.3 Å². The van der Waals surface area contributed by atoms with E-state index in [1.807, 2.05) is 58.4 Å². The number of carbonyl (C=O) groups is 1. The molecule has 0 aromatic carbocycles.